The van der Waals surface area contributed by atoms with Crippen molar-refractivity contribution in [1.29, 1.82) is 0 Å². The van der Waals surface area contributed by atoms with Gasteiger partial charge in [-0.2, -0.15) is 0 Å². The highest BCUT2D eigenvalue weighted by Gasteiger charge is 2.15. The molecule has 25 heavy (non-hydrogen) atoms. The molecule has 2 rings (SSSR count). The molecular weight excluding hydrogens is 316 g/mol. The van der Waals surface area contributed by atoms with Crippen molar-refractivity contribution >= 4 is 17.3 Å². The number of pyridine rings is 1. The minimum atomic E-state index is -1.02. The highest BCUT2D eigenvalue weighted by Crippen LogP contribution is 2.34. The van der Waals surface area contributed by atoms with Crippen molar-refractivity contribution < 1.29 is 14.6 Å². The van der Waals surface area contributed by atoms with Crippen molar-refractivity contribution in [2.24, 2.45) is 0 Å². The third kappa shape index (κ3) is 4.50. The number of benzene rings is 1. The predicted molar refractivity (Wildman–Crippen MR) is 100 cm³/mol. The Balaban J connectivity index is 2.41. The number of anilines is 2. The van der Waals surface area contributed by atoms with Crippen LogP contribution < -0.4 is 9.64 Å². The minimum absolute atomic E-state index is 0.0405. The van der Waals surface area contributed by atoms with E-state index in [1.165, 1.54) is 11.6 Å². The van der Waals surface area contributed by atoms with Gasteiger partial charge < -0.3 is 14.7 Å². The van der Waals surface area contributed by atoms with Crippen LogP contribution in [-0.4, -0.2) is 28.7 Å². The Labute approximate surface area is 149 Å². The Kier molecular flexibility index (Phi) is 6.02. The summed E-state index contributed by atoms with van der Waals surface area (Å²) >= 11 is 0. The first-order valence-corrected chi connectivity index (χ1v) is 8.61. The number of rotatable bonds is 7. The van der Waals surface area contributed by atoms with Gasteiger partial charge in [0, 0.05) is 18.3 Å². The summed E-state index contributed by atoms with van der Waals surface area (Å²) in [7, 11) is 0. The fraction of sp³-hybridized carbons (Fsp3) is 0.400. The van der Waals surface area contributed by atoms with Gasteiger partial charge in [0.2, 0.25) is 0 Å². The molecule has 1 aromatic heterocycles. The zero-order valence-electron chi connectivity index (χ0n) is 15.5. The molecule has 0 saturated carbocycles. The second-order valence-corrected chi connectivity index (χ2v) is 6.49. The van der Waals surface area contributed by atoms with Gasteiger partial charge in [-0.05, 0) is 50.5 Å². The molecule has 134 valence electrons. The molecule has 1 N–H and O–H groups in total. The Morgan fingerprint density at radius 2 is 1.84 bits per heavy atom. The van der Waals surface area contributed by atoms with Crippen molar-refractivity contribution in [3.8, 4) is 5.75 Å². The Morgan fingerprint density at radius 3 is 2.32 bits per heavy atom. The molecule has 0 aliphatic rings. The summed E-state index contributed by atoms with van der Waals surface area (Å²) in [4.78, 5) is 17.1. The normalized spacial score (nSPS) is 11.0. The lowest BCUT2D eigenvalue weighted by molar-refractivity contribution is 0.0690. The van der Waals surface area contributed by atoms with E-state index in [2.05, 4.69) is 35.9 Å². The molecule has 0 spiro atoms. The minimum Gasteiger partial charge on any atom is -0.491 e. The molecule has 0 bridgehead atoms. The fourth-order valence-corrected chi connectivity index (χ4v) is 2.71. The van der Waals surface area contributed by atoms with Gasteiger partial charge >= 0.3 is 5.97 Å². The molecule has 0 radical (unpaired) electrons. The molecular formula is C20H26N2O3. The van der Waals surface area contributed by atoms with Gasteiger partial charge in [-0.15, -0.1) is 0 Å². The first-order chi connectivity index (χ1) is 11.8. The van der Waals surface area contributed by atoms with E-state index in [0.29, 0.717) is 5.92 Å². The van der Waals surface area contributed by atoms with E-state index in [9.17, 15) is 4.79 Å². The van der Waals surface area contributed by atoms with Crippen LogP contribution in [0.15, 0.2) is 36.5 Å². The van der Waals surface area contributed by atoms with Crippen LogP contribution in [0.25, 0.3) is 0 Å². The van der Waals surface area contributed by atoms with Crippen molar-refractivity contribution in [2.75, 3.05) is 11.4 Å². The maximum atomic E-state index is 11.0. The molecule has 5 heteroatoms. The third-order valence-corrected chi connectivity index (χ3v) is 3.89. The van der Waals surface area contributed by atoms with Crippen molar-refractivity contribution in [1.82, 2.24) is 4.98 Å². The lowest BCUT2D eigenvalue weighted by Gasteiger charge is -2.25. The summed E-state index contributed by atoms with van der Waals surface area (Å²) in [6.07, 6.45) is 1.69. The molecule has 2 aromatic rings. The summed E-state index contributed by atoms with van der Waals surface area (Å²) in [6, 6.07) is 9.51. The zero-order chi connectivity index (χ0) is 18.6. The van der Waals surface area contributed by atoms with Crippen molar-refractivity contribution in [3.05, 3.63) is 47.8 Å². The van der Waals surface area contributed by atoms with E-state index in [-0.39, 0.29) is 11.8 Å². The summed E-state index contributed by atoms with van der Waals surface area (Å²) < 4.78 is 6.01. The smallest absolute Gasteiger partial charge is 0.354 e. The van der Waals surface area contributed by atoms with Crippen LogP contribution in [-0.2, 0) is 0 Å². The number of carboxylic acids is 1. The lowest BCUT2D eigenvalue weighted by atomic mass is 10.0. The van der Waals surface area contributed by atoms with E-state index < -0.39 is 5.97 Å². The number of aromatic nitrogens is 1. The summed E-state index contributed by atoms with van der Waals surface area (Å²) in [5.41, 5.74) is 3.05. The van der Waals surface area contributed by atoms with Crippen LogP contribution >= 0.6 is 0 Å². The van der Waals surface area contributed by atoms with Gasteiger partial charge in [-0.1, -0.05) is 19.9 Å². The molecule has 0 aliphatic heterocycles. The lowest BCUT2D eigenvalue weighted by Crippen LogP contribution is -2.17. The standard InChI is InChI=1S/C20H26N2O3/c1-6-22(16-8-10-18(20(23)24)21-12-16)15-7-9-17(13(2)3)19(11-15)25-14(4)5/h7-14H,6H2,1-5H3,(H,23,24). The number of nitrogens with zero attached hydrogens (tertiary/aromatic N) is 2. The van der Waals surface area contributed by atoms with E-state index in [4.69, 9.17) is 9.84 Å². The Morgan fingerprint density at radius 1 is 1.16 bits per heavy atom. The van der Waals surface area contributed by atoms with Crippen molar-refractivity contribution in [3.63, 3.8) is 0 Å². The molecule has 0 amide bonds. The van der Waals surface area contributed by atoms with Gasteiger partial charge in [-0.3, -0.25) is 0 Å². The predicted octanol–water partition coefficient (Wildman–Crippen LogP) is 4.85. The summed E-state index contributed by atoms with van der Waals surface area (Å²) in [5.74, 6) is 0.231. The van der Waals surface area contributed by atoms with Gasteiger partial charge in [-0.25, -0.2) is 9.78 Å². The number of aromatic carboxylic acids is 1. The molecule has 0 aliphatic carbocycles. The fourth-order valence-electron chi connectivity index (χ4n) is 2.71. The van der Waals surface area contributed by atoms with E-state index >= 15 is 0 Å². The highest BCUT2D eigenvalue weighted by molar-refractivity contribution is 5.85. The second-order valence-electron chi connectivity index (χ2n) is 6.49. The second kappa shape index (κ2) is 8.01. The average Bonchev–Trinajstić information content (AvgIpc) is 2.55. The average molecular weight is 342 g/mol. The molecule has 0 fully saturated rings. The molecule has 0 unspecified atom stereocenters. The molecule has 5 nitrogen and oxygen atoms in total. The van der Waals surface area contributed by atoms with Gasteiger partial charge in [0.15, 0.2) is 0 Å². The summed E-state index contributed by atoms with van der Waals surface area (Å²) in [5, 5.41) is 9.00. The monoisotopic (exact) mass is 342 g/mol. The van der Waals surface area contributed by atoms with Crippen LogP contribution in [0.5, 0.6) is 5.75 Å². The number of ether oxygens (including phenoxy) is 1. The van der Waals surface area contributed by atoms with Crippen LogP contribution in [0.2, 0.25) is 0 Å². The van der Waals surface area contributed by atoms with E-state index in [1.54, 1.807) is 12.3 Å². The van der Waals surface area contributed by atoms with Gasteiger partial charge in [0.25, 0.3) is 0 Å². The van der Waals surface area contributed by atoms with E-state index in [0.717, 1.165) is 23.7 Å². The molecule has 1 heterocycles. The number of hydrogen-bond donors (Lipinski definition) is 1. The van der Waals surface area contributed by atoms with Gasteiger partial charge in [0.05, 0.1) is 18.0 Å². The van der Waals surface area contributed by atoms with Crippen LogP contribution in [0.1, 0.15) is 56.6 Å². The largest absolute Gasteiger partial charge is 0.491 e. The quantitative estimate of drug-likeness (QED) is 0.779. The molecule has 1 aromatic carbocycles. The first-order valence-electron chi connectivity index (χ1n) is 8.61. The number of carboxylic acid groups (broad SMARTS) is 1. The van der Waals surface area contributed by atoms with Crippen LogP contribution in [0.4, 0.5) is 11.4 Å². The van der Waals surface area contributed by atoms with Crippen molar-refractivity contribution in [2.45, 2.75) is 46.6 Å². The highest BCUT2D eigenvalue weighted by atomic mass is 16.5. The van der Waals surface area contributed by atoms with E-state index in [1.807, 2.05) is 26.8 Å². The van der Waals surface area contributed by atoms with Gasteiger partial charge in [0.1, 0.15) is 11.4 Å². The Bertz CT molecular complexity index is 724. The molecule has 0 saturated heterocycles. The zero-order valence-corrected chi connectivity index (χ0v) is 15.5. The summed E-state index contributed by atoms with van der Waals surface area (Å²) in [6.45, 7) is 11.1. The third-order valence-electron chi connectivity index (χ3n) is 3.89. The number of hydrogen-bond acceptors (Lipinski definition) is 4. The Hall–Kier alpha value is -2.56. The maximum Gasteiger partial charge on any atom is 0.354 e. The molecule has 0 atom stereocenters. The number of carbonyl (C=O) groups is 1. The SMILES string of the molecule is CCN(c1ccc(C(=O)O)nc1)c1ccc(C(C)C)c(OC(C)C)c1. The van der Waals surface area contributed by atoms with Crippen LogP contribution in [0, 0.1) is 0 Å². The topological polar surface area (TPSA) is 62.7 Å². The first kappa shape index (κ1) is 18.8. The van der Waals surface area contributed by atoms with Crippen LogP contribution in [0.3, 0.4) is 0 Å². The maximum absolute atomic E-state index is 11.0.